The third-order valence-electron chi connectivity index (χ3n) is 4.26. The van der Waals surface area contributed by atoms with Crippen LogP contribution in [0.15, 0.2) is 0 Å². The minimum atomic E-state index is 0.174. The van der Waals surface area contributed by atoms with Gasteiger partial charge in [0.2, 0.25) is 0 Å². The molecule has 2 heterocycles. The second-order valence-electron chi connectivity index (χ2n) is 5.91. The highest BCUT2D eigenvalue weighted by molar-refractivity contribution is 5.82. The van der Waals surface area contributed by atoms with Crippen LogP contribution in [-0.4, -0.2) is 67.4 Å². The van der Waals surface area contributed by atoms with E-state index < -0.39 is 0 Å². The maximum atomic E-state index is 11.7. The van der Waals surface area contributed by atoms with Crippen molar-refractivity contribution in [2.75, 3.05) is 45.8 Å². The smallest absolute Gasteiger partial charge is 0.149 e. The summed E-state index contributed by atoms with van der Waals surface area (Å²) in [5.74, 6) is 0.553. The summed E-state index contributed by atoms with van der Waals surface area (Å²) in [5, 5.41) is 3.42. The normalized spacial score (nSPS) is 22.4. The van der Waals surface area contributed by atoms with Crippen molar-refractivity contribution in [3.8, 4) is 0 Å². The van der Waals surface area contributed by atoms with Crippen molar-refractivity contribution in [3.05, 3.63) is 0 Å². The molecule has 0 atom stereocenters. The fraction of sp³-hybridized carbons (Fsp3) is 0.938. The van der Waals surface area contributed by atoms with Crippen LogP contribution in [-0.2, 0) is 4.79 Å². The Bertz CT molecular complexity index is 267. The predicted molar refractivity (Wildman–Crippen MR) is 85.1 cm³/mol. The molecule has 2 aliphatic heterocycles. The van der Waals surface area contributed by atoms with E-state index in [0.29, 0.717) is 12.3 Å². The summed E-state index contributed by atoms with van der Waals surface area (Å²) in [5.41, 5.74) is 0. The first-order valence-electron chi connectivity index (χ1n) is 8.36. The molecule has 0 bridgehead atoms. The summed E-state index contributed by atoms with van der Waals surface area (Å²) in [6, 6.07) is 0.772. The molecule has 0 unspecified atom stereocenters. The summed E-state index contributed by atoms with van der Waals surface area (Å²) in [7, 11) is 0. The Morgan fingerprint density at radius 2 is 1.65 bits per heavy atom. The van der Waals surface area contributed by atoms with Crippen LogP contribution in [0.1, 0.15) is 40.5 Å². The van der Waals surface area contributed by atoms with Gasteiger partial charge in [0, 0.05) is 38.1 Å². The van der Waals surface area contributed by atoms with E-state index >= 15 is 0 Å². The molecule has 0 aliphatic carbocycles. The highest BCUT2D eigenvalue weighted by atomic mass is 16.1. The number of hydrogen-bond acceptors (Lipinski definition) is 4. The van der Waals surface area contributed by atoms with Gasteiger partial charge in [0.05, 0.1) is 6.54 Å². The third kappa shape index (κ3) is 5.51. The third-order valence-corrected chi connectivity index (χ3v) is 4.26. The highest BCUT2D eigenvalue weighted by Crippen LogP contribution is 2.14. The molecular weight excluding hydrogens is 250 g/mol. The molecule has 0 aromatic rings. The predicted octanol–water partition coefficient (Wildman–Crippen LogP) is 1.61. The van der Waals surface area contributed by atoms with Crippen LogP contribution in [0.3, 0.4) is 0 Å². The van der Waals surface area contributed by atoms with E-state index in [0.717, 1.165) is 45.3 Å². The Kier molecular flexibility index (Phi) is 8.34. The first-order valence-corrected chi connectivity index (χ1v) is 8.36. The topological polar surface area (TPSA) is 35.6 Å². The lowest BCUT2D eigenvalue weighted by Gasteiger charge is -2.40. The minimum Gasteiger partial charge on any atom is -0.317 e. The number of Topliss-reactive ketones (excluding diaryl/α,β-unsaturated/α-hetero) is 1. The van der Waals surface area contributed by atoms with E-state index in [1.54, 1.807) is 0 Å². The number of piperidine rings is 1. The Labute approximate surface area is 124 Å². The molecule has 0 aromatic heterocycles. The van der Waals surface area contributed by atoms with Gasteiger partial charge in [-0.1, -0.05) is 27.7 Å². The van der Waals surface area contributed by atoms with E-state index in [-0.39, 0.29) is 5.92 Å². The second-order valence-corrected chi connectivity index (χ2v) is 5.91. The fourth-order valence-corrected chi connectivity index (χ4v) is 2.86. The number of piperazine rings is 1. The Morgan fingerprint density at radius 3 is 2.15 bits per heavy atom. The van der Waals surface area contributed by atoms with E-state index in [9.17, 15) is 4.79 Å². The maximum Gasteiger partial charge on any atom is 0.149 e. The number of hydrogen-bond donors (Lipinski definition) is 1. The summed E-state index contributed by atoms with van der Waals surface area (Å²) >= 11 is 0. The van der Waals surface area contributed by atoms with Gasteiger partial charge in [-0.3, -0.25) is 14.6 Å². The van der Waals surface area contributed by atoms with Crippen molar-refractivity contribution in [3.63, 3.8) is 0 Å². The molecule has 118 valence electrons. The largest absolute Gasteiger partial charge is 0.317 e. The quantitative estimate of drug-likeness (QED) is 0.850. The Morgan fingerprint density at radius 1 is 1.10 bits per heavy atom. The van der Waals surface area contributed by atoms with Crippen LogP contribution in [0.5, 0.6) is 0 Å². The van der Waals surface area contributed by atoms with Gasteiger partial charge in [-0.05, 0) is 25.9 Å². The number of carbonyl (C=O) groups excluding carboxylic acids is 1. The average molecular weight is 283 g/mol. The first kappa shape index (κ1) is 17.6. The molecule has 0 amide bonds. The second kappa shape index (κ2) is 9.48. The summed E-state index contributed by atoms with van der Waals surface area (Å²) in [4.78, 5) is 16.7. The molecule has 0 saturated carbocycles. The molecule has 1 N–H and O–H groups in total. The molecule has 4 heteroatoms. The van der Waals surface area contributed by atoms with Gasteiger partial charge >= 0.3 is 0 Å². The van der Waals surface area contributed by atoms with Crippen LogP contribution in [0, 0.1) is 5.92 Å². The fourth-order valence-electron chi connectivity index (χ4n) is 2.86. The lowest BCUT2D eigenvalue weighted by Crippen LogP contribution is -2.53. The summed E-state index contributed by atoms with van der Waals surface area (Å²) < 4.78 is 0. The van der Waals surface area contributed by atoms with Gasteiger partial charge in [0.15, 0.2) is 0 Å². The molecular formula is C16H33N3O. The molecule has 4 nitrogen and oxygen atoms in total. The molecule has 2 rings (SSSR count). The number of ketones is 1. The number of rotatable bonds is 4. The highest BCUT2D eigenvalue weighted by Gasteiger charge is 2.25. The molecule has 0 aromatic carbocycles. The summed E-state index contributed by atoms with van der Waals surface area (Å²) in [6.45, 7) is 15.4. The van der Waals surface area contributed by atoms with Crippen LogP contribution >= 0.6 is 0 Å². The molecule has 2 saturated heterocycles. The molecule has 20 heavy (non-hydrogen) atoms. The standard InChI is InChI=1S/C14H27N3O.C2H6/c1-12(2)14(18)11-16-7-9-17(10-8-16)13-3-5-15-6-4-13;1-2/h12-13,15H,3-11H2,1-2H3;1-2H3. The van der Waals surface area contributed by atoms with Gasteiger partial charge in [-0.25, -0.2) is 0 Å². The number of nitrogens with zero attached hydrogens (tertiary/aromatic N) is 2. The monoisotopic (exact) mass is 283 g/mol. The van der Waals surface area contributed by atoms with E-state index in [1.165, 1.54) is 12.8 Å². The van der Waals surface area contributed by atoms with Crippen molar-refractivity contribution in [1.29, 1.82) is 0 Å². The number of nitrogens with one attached hydrogen (secondary N) is 1. The van der Waals surface area contributed by atoms with Gasteiger partial charge in [-0.2, -0.15) is 0 Å². The average Bonchev–Trinajstić information content (AvgIpc) is 2.51. The van der Waals surface area contributed by atoms with Crippen LogP contribution in [0.2, 0.25) is 0 Å². The van der Waals surface area contributed by atoms with E-state index in [2.05, 4.69) is 15.1 Å². The lowest BCUT2D eigenvalue weighted by molar-refractivity contribution is -0.123. The molecule has 0 spiro atoms. The number of carbonyl (C=O) groups is 1. The molecule has 2 fully saturated rings. The van der Waals surface area contributed by atoms with Gasteiger partial charge in [-0.15, -0.1) is 0 Å². The zero-order valence-electron chi connectivity index (χ0n) is 13.8. The van der Waals surface area contributed by atoms with Gasteiger partial charge in [0.25, 0.3) is 0 Å². The van der Waals surface area contributed by atoms with Crippen molar-refractivity contribution in [2.24, 2.45) is 5.92 Å². The first-order chi connectivity index (χ1) is 9.66. The Hall–Kier alpha value is -0.450. The SMILES string of the molecule is CC.CC(C)C(=O)CN1CCN(C2CCNCC2)CC1. The van der Waals surface area contributed by atoms with Crippen molar-refractivity contribution in [1.82, 2.24) is 15.1 Å². The lowest BCUT2D eigenvalue weighted by atomic mass is 10.0. The molecule has 2 aliphatic rings. The van der Waals surface area contributed by atoms with Crippen molar-refractivity contribution < 1.29 is 4.79 Å². The minimum absolute atomic E-state index is 0.174. The van der Waals surface area contributed by atoms with Gasteiger partial charge < -0.3 is 5.32 Å². The maximum absolute atomic E-state index is 11.7. The zero-order chi connectivity index (χ0) is 15.0. The van der Waals surface area contributed by atoms with Crippen molar-refractivity contribution in [2.45, 2.75) is 46.6 Å². The van der Waals surface area contributed by atoms with Crippen molar-refractivity contribution >= 4 is 5.78 Å². The van der Waals surface area contributed by atoms with Crippen LogP contribution in [0.4, 0.5) is 0 Å². The molecule has 0 radical (unpaired) electrons. The van der Waals surface area contributed by atoms with Gasteiger partial charge in [0.1, 0.15) is 5.78 Å². The van der Waals surface area contributed by atoms with E-state index in [1.807, 2.05) is 27.7 Å². The Balaban J connectivity index is 0.000000956. The zero-order valence-corrected chi connectivity index (χ0v) is 13.8. The van der Waals surface area contributed by atoms with E-state index in [4.69, 9.17) is 0 Å². The van der Waals surface area contributed by atoms with Crippen LogP contribution < -0.4 is 5.32 Å². The summed E-state index contributed by atoms with van der Waals surface area (Å²) in [6.07, 6.45) is 2.57. The van der Waals surface area contributed by atoms with Crippen LogP contribution in [0.25, 0.3) is 0 Å².